The highest BCUT2D eigenvalue weighted by atomic mass is 32.2. The number of hydrogen-bond acceptors (Lipinski definition) is 5. The van der Waals surface area contributed by atoms with Crippen molar-refractivity contribution in [2.75, 3.05) is 19.7 Å². The van der Waals surface area contributed by atoms with Crippen molar-refractivity contribution in [3.05, 3.63) is 29.6 Å². The molecule has 0 atom stereocenters. The van der Waals surface area contributed by atoms with Crippen molar-refractivity contribution in [1.29, 1.82) is 0 Å². The maximum absolute atomic E-state index is 14.1. The van der Waals surface area contributed by atoms with Gasteiger partial charge in [-0.05, 0) is 43.9 Å². The van der Waals surface area contributed by atoms with Gasteiger partial charge in [0.15, 0.2) is 6.61 Å². The van der Waals surface area contributed by atoms with E-state index in [0.717, 1.165) is 50.3 Å². The second kappa shape index (κ2) is 7.71. The van der Waals surface area contributed by atoms with Crippen LogP contribution < -0.4 is 5.32 Å². The SMILES string of the molecule is O=C(COC(=O)c1ccc(F)c(S(=O)(=O)N2CCCCC2)c1)NC1CC1. The largest absolute Gasteiger partial charge is 0.452 e. The van der Waals surface area contributed by atoms with Gasteiger partial charge in [0.25, 0.3) is 5.91 Å². The average molecular weight is 384 g/mol. The number of hydrogen-bond donors (Lipinski definition) is 1. The Morgan fingerprint density at radius 1 is 1.19 bits per heavy atom. The van der Waals surface area contributed by atoms with E-state index in [9.17, 15) is 22.4 Å². The van der Waals surface area contributed by atoms with Crippen LogP contribution in [0.25, 0.3) is 0 Å². The number of rotatable bonds is 6. The summed E-state index contributed by atoms with van der Waals surface area (Å²) >= 11 is 0. The van der Waals surface area contributed by atoms with E-state index in [-0.39, 0.29) is 11.6 Å². The molecular weight excluding hydrogens is 363 g/mol. The monoisotopic (exact) mass is 384 g/mol. The zero-order chi connectivity index (χ0) is 18.7. The first-order valence-electron chi connectivity index (χ1n) is 8.64. The number of nitrogens with zero attached hydrogens (tertiary/aromatic N) is 1. The highest BCUT2D eigenvalue weighted by Crippen LogP contribution is 2.24. The van der Waals surface area contributed by atoms with Gasteiger partial charge < -0.3 is 10.1 Å². The molecule has 26 heavy (non-hydrogen) atoms. The van der Waals surface area contributed by atoms with Gasteiger partial charge in [-0.3, -0.25) is 4.79 Å². The normalized spacial score (nSPS) is 18.3. The minimum absolute atomic E-state index is 0.110. The molecule has 1 aromatic carbocycles. The molecule has 2 aliphatic rings. The summed E-state index contributed by atoms with van der Waals surface area (Å²) in [5, 5.41) is 2.67. The van der Waals surface area contributed by atoms with Gasteiger partial charge in [0.05, 0.1) is 5.56 Å². The Hall–Kier alpha value is -2.00. The Kier molecular flexibility index (Phi) is 5.57. The van der Waals surface area contributed by atoms with Crippen molar-refractivity contribution in [3.63, 3.8) is 0 Å². The summed E-state index contributed by atoms with van der Waals surface area (Å²) in [7, 11) is -4.02. The van der Waals surface area contributed by atoms with Gasteiger partial charge in [-0.2, -0.15) is 4.31 Å². The van der Waals surface area contributed by atoms with Crippen LogP contribution in [0.3, 0.4) is 0 Å². The summed E-state index contributed by atoms with van der Waals surface area (Å²) in [6, 6.07) is 3.19. The lowest BCUT2D eigenvalue weighted by Crippen LogP contribution is -2.36. The van der Waals surface area contributed by atoms with Crippen LogP contribution in [-0.4, -0.2) is 50.3 Å². The lowest BCUT2D eigenvalue weighted by molar-refractivity contribution is -0.124. The fraction of sp³-hybridized carbons (Fsp3) is 0.529. The Bertz CT molecular complexity index is 801. The van der Waals surface area contributed by atoms with Crippen LogP contribution in [-0.2, 0) is 19.6 Å². The third kappa shape index (κ3) is 4.39. The van der Waals surface area contributed by atoms with E-state index in [4.69, 9.17) is 4.74 Å². The van der Waals surface area contributed by atoms with Crippen LogP contribution in [0.15, 0.2) is 23.1 Å². The Balaban J connectivity index is 1.71. The van der Waals surface area contributed by atoms with Gasteiger partial charge in [0.1, 0.15) is 10.7 Å². The lowest BCUT2D eigenvalue weighted by atomic mass is 10.2. The molecule has 142 valence electrons. The van der Waals surface area contributed by atoms with Crippen molar-refractivity contribution in [2.45, 2.75) is 43.0 Å². The van der Waals surface area contributed by atoms with E-state index in [2.05, 4.69) is 5.32 Å². The third-order valence-corrected chi connectivity index (χ3v) is 6.29. The molecule has 1 heterocycles. The predicted molar refractivity (Wildman–Crippen MR) is 90.5 cm³/mol. The number of carbonyl (C=O) groups is 2. The number of nitrogens with one attached hydrogen (secondary N) is 1. The number of benzene rings is 1. The van der Waals surface area contributed by atoms with E-state index in [1.54, 1.807) is 0 Å². The van der Waals surface area contributed by atoms with E-state index < -0.39 is 39.2 Å². The molecule has 1 saturated heterocycles. The Morgan fingerprint density at radius 3 is 2.54 bits per heavy atom. The predicted octanol–water partition coefficient (Wildman–Crippen LogP) is 1.44. The zero-order valence-electron chi connectivity index (χ0n) is 14.2. The second-order valence-corrected chi connectivity index (χ2v) is 8.43. The van der Waals surface area contributed by atoms with E-state index in [1.807, 2.05) is 0 Å². The van der Waals surface area contributed by atoms with Crippen molar-refractivity contribution in [1.82, 2.24) is 9.62 Å². The van der Waals surface area contributed by atoms with E-state index in [0.29, 0.717) is 13.1 Å². The molecule has 7 nitrogen and oxygen atoms in total. The van der Waals surface area contributed by atoms with Gasteiger partial charge in [-0.1, -0.05) is 6.42 Å². The molecule has 1 saturated carbocycles. The minimum Gasteiger partial charge on any atom is -0.452 e. The van der Waals surface area contributed by atoms with Crippen LogP contribution in [0, 0.1) is 5.82 Å². The molecule has 1 N–H and O–H groups in total. The number of piperidine rings is 1. The minimum atomic E-state index is -4.02. The van der Waals surface area contributed by atoms with Crippen molar-refractivity contribution >= 4 is 21.9 Å². The summed E-state index contributed by atoms with van der Waals surface area (Å²) in [4.78, 5) is 23.1. The van der Waals surface area contributed by atoms with E-state index >= 15 is 0 Å². The van der Waals surface area contributed by atoms with Crippen LogP contribution in [0.4, 0.5) is 4.39 Å². The van der Waals surface area contributed by atoms with Crippen molar-refractivity contribution in [2.24, 2.45) is 0 Å². The molecule has 0 unspecified atom stereocenters. The molecule has 0 aromatic heterocycles. The molecular formula is C17H21FN2O5S. The Labute approximate surface area is 151 Å². The number of carbonyl (C=O) groups excluding carboxylic acids is 2. The lowest BCUT2D eigenvalue weighted by Gasteiger charge is -2.26. The number of esters is 1. The molecule has 0 bridgehead atoms. The molecule has 2 fully saturated rings. The fourth-order valence-corrected chi connectivity index (χ4v) is 4.39. The second-order valence-electron chi connectivity index (χ2n) is 6.53. The standard InChI is InChI=1S/C17H21FN2O5S/c18-14-7-4-12(17(22)25-11-16(21)19-13-5-6-13)10-15(14)26(23,24)20-8-2-1-3-9-20/h4,7,10,13H,1-3,5-6,8-9,11H2,(H,19,21). The first-order chi connectivity index (χ1) is 12.4. The van der Waals surface area contributed by atoms with Gasteiger partial charge >= 0.3 is 5.97 Å². The van der Waals surface area contributed by atoms with Crippen molar-refractivity contribution in [3.8, 4) is 0 Å². The summed E-state index contributed by atoms with van der Waals surface area (Å²) in [5.41, 5.74) is -0.110. The number of amides is 1. The molecule has 9 heteroatoms. The first kappa shape index (κ1) is 18.8. The zero-order valence-corrected chi connectivity index (χ0v) is 15.1. The van der Waals surface area contributed by atoms with Gasteiger partial charge in [-0.15, -0.1) is 0 Å². The molecule has 1 aliphatic carbocycles. The maximum Gasteiger partial charge on any atom is 0.338 e. The number of ether oxygens (including phenoxy) is 1. The smallest absolute Gasteiger partial charge is 0.338 e. The summed E-state index contributed by atoms with van der Waals surface area (Å²) in [6.45, 7) is 0.205. The summed E-state index contributed by atoms with van der Waals surface area (Å²) < 4.78 is 45.5. The van der Waals surface area contributed by atoms with Crippen LogP contribution in [0.2, 0.25) is 0 Å². The first-order valence-corrected chi connectivity index (χ1v) is 10.1. The molecule has 1 amide bonds. The number of sulfonamides is 1. The van der Waals surface area contributed by atoms with Gasteiger partial charge in [0.2, 0.25) is 10.0 Å². The number of halogens is 1. The highest BCUT2D eigenvalue weighted by molar-refractivity contribution is 7.89. The molecule has 1 aliphatic heterocycles. The highest BCUT2D eigenvalue weighted by Gasteiger charge is 2.30. The van der Waals surface area contributed by atoms with Gasteiger partial charge in [-0.25, -0.2) is 17.6 Å². The topological polar surface area (TPSA) is 92.8 Å². The molecule has 1 aromatic rings. The maximum atomic E-state index is 14.1. The molecule has 3 rings (SSSR count). The van der Waals surface area contributed by atoms with Gasteiger partial charge in [0, 0.05) is 19.1 Å². The fourth-order valence-electron chi connectivity index (χ4n) is 2.78. The molecule has 0 spiro atoms. The summed E-state index contributed by atoms with van der Waals surface area (Å²) in [6.07, 6.45) is 4.20. The summed E-state index contributed by atoms with van der Waals surface area (Å²) in [5.74, 6) is -2.20. The quantitative estimate of drug-likeness (QED) is 0.749. The average Bonchev–Trinajstić information content (AvgIpc) is 3.44. The van der Waals surface area contributed by atoms with Crippen LogP contribution in [0.1, 0.15) is 42.5 Å². The van der Waals surface area contributed by atoms with Crippen molar-refractivity contribution < 1.29 is 27.1 Å². The van der Waals surface area contributed by atoms with Crippen LogP contribution >= 0.6 is 0 Å². The van der Waals surface area contributed by atoms with E-state index in [1.165, 1.54) is 4.31 Å². The molecule has 0 radical (unpaired) electrons. The van der Waals surface area contributed by atoms with Crippen LogP contribution in [0.5, 0.6) is 0 Å². The third-order valence-electron chi connectivity index (χ3n) is 4.38. The Morgan fingerprint density at radius 2 is 1.88 bits per heavy atom.